The van der Waals surface area contributed by atoms with Crippen molar-refractivity contribution >= 4 is 28.7 Å². The second kappa shape index (κ2) is 7.23. The molecule has 7 nitrogen and oxygen atoms in total. The summed E-state index contributed by atoms with van der Waals surface area (Å²) in [5, 5.41) is 2.83. The molecule has 22 heavy (non-hydrogen) atoms. The molecule has 0 saturated heterocycles. The van der Waals surface area contributed by atoms with Gasteiger partial charge in [-0.3, -0.25) is 0 Å². The molecule has 1 atom stereocenters. The average molecular weight is 325 g/mol. The van der Waals surface area contributed by atoms with E-state index in [4.69, 9.17) is 0 Å². The number of hydrogen-bond donors (Lipinski definition) is 2. The number of aromatic nitrogens is 3. The van der Waals surface area contributed by atoms with Crippen molar-refractivity contribution in [2.75, 3.05) is 23.3 Å². The Morgan fingerprint density at radius 1 is 1.32 bits per heavy atom. The number of hydrogen-bond acceptors (Lipinski definition) is 6. The number of halogens is 1. The van der Waals surface area contributed by atoms with Crippen molar-refractivity contribution in [3.8, 4) is 0 Å². The lowest BCUT2D eigenvalue weighted by Crippen LogP contribution is -2.21. The van der Waals surface area contributed by atoms with Crippen molar-refractivity contribution in [2.24, 2.45) is 0 Å². The first-order valence-corrected chi connectivity index (χ1v) is 7.79. The third-order valence-electron chi connectivity index (χ3n) is 2.82. The van der Waals surface area contributed by atoms with E-state index in [1.807, 2.05) is 13.8 Å². The summed E-state index contributed by atoms with van der Waals surface area (Å²) in [6, 6.07) is 6.44. The number of rotatable bonds is 6. The summed E-state index contributed by atoms with van der Waals surface area (Å²) in [6.45, 7) is 4.70. The second-order valence-electron chi connectivity index (χ2n) is 4.25. The molecule has 2 N–H and O–H groups in total. The van der Waals surface area contributed by atoms with Gasteiger partial charge in [0.15, 0.2) is 11.1 Å². The minimum atomic E-state index is -2.09. The monoisotopic (exact) mass is 325 g/mol. The smallest absolute Gasteiger partial charge is 0.315 e. The van der Waals surface area contributed by atoms with Gasteiger partial charge < -0.3 is 14.8 Å². The molecule has 0 radical (unpaired) electrons. The average Bonchev–Trinajstić information content (AvgIpc) is 2.48. The molecular formula is C13H16FN5O2S. The number of nitrogens with one attached hydrogen (secondary N) is 1. The Labute approximate surface area is 129 Å². The van der Waals surface area contributed by atoms with Gasteiger partial charge in [0.05, 0.1) is 4.90 Å². The molecule has 0 bridgehead atoms. The van der Waals surface area contributed by atoms with Crippen LogP contribution in [0.5, 0.6) is 0 Å². The van der Waals surface area contributed by atoms with Gasteiger partial charge in [0.25, 0.3) is 0 Å². The molecule has 0 fully saturated rings. The van der Waals surface area contributed by atoms with Gasteiger partial charge in [-0.2, -0.15) is 19.3 Å². The molecule has 2 aromatic rings. The standard InChI is InChI=1S/C13H16FN5O2S/c1-3-15-12-16-11(14)17-13(18-12)19(4-2)9-6-5-7-10(8-9)22(20)21/h5-8H,3-4H2,1-2H3,(H,20,21)(H,15,16,17,18). The summed E-state index contributed by atoms with van der Waals surface area (Å²) in [5.41, 5.74) is 0.593. The van der Waals surface area contributed by atoms with Gasteiger partial charge in [-0.05, 0) is 32.0 Å². The summed E-state index contributed by atoms with van der Waals surface area (Å²) in [7, 11) is 0. The van der Waals surface area contributed by atoms with E-state index in [9.17, 15) is 13.2 Å². The van der Waals surface area contributed by atoms with E-state index in [1.165, 1.54) is 12.1 Å². The first kappa shape index (κ1) is 16.2. The van der Waals surface area contributed by atoms with Gasteiger partial charge in [-0.15, -0.1) is 0 Å². The molecule has 1 aromatic carbocycles. The van der Waals surface area contributed by atoms with Crippen molar-refractivity contribution in [3.05, 3.63) is 30.3 Å². The Morgan fingerprint density at radius 2 is 2.09 bits per heavy atom. The van der Waals surface area contributed by atoms with E-state index < -0.39 is 17.2 Å². The van der Waals surface area contributed by atoms with Crippen LogP contribution in [0.4, 0.5) is 22.0 Å². The van der Waals surface area contributed by atoms with E-state index in [0.29, 0.717) is 18.8 Å². The van der Waals surface area contributed by atoms with Crippen LogP contribution in [-0.2, 0) is 11.1 Å². The van der Waals surface area contributed by atoms with Gasteiger partial charge in [0, 0.05) is 18.8 Å². The maximum Gasteiger partial charge on any atom is 0.315 e. The molecular weight excluding hydrogens is 309 g/mol. The zero-order valence-corrected chi connectivity index (χ0v) is 13.0. The first-order valence-electron chi connectivity index (χ1n) is 6.69. The maximum atomic E-state index is 13.6. The van der Waals surface area contributed by atoms with Gasteiger partial charge in [-0.1, -0.05) is 6.07 Å². The van der Waals surface area contributed by atoms with Crippen LogP contribution in [0.1, 0.15) is 13.8 Å². The molecule has 9 heteroatoms. The highest BCUT2D eigenvalue weighted by molar-refractivity contribution is 7.79. The molecule has 1 heterocycles. The van der Waals surface area contributed by atoms with Gasteiger partial charge in [0.1, 0.15) is 0 Å². The molecule has 0 aliphatic carbocycles. The first-order chi connectivity index (χ1) is 10.5. The van der Waals surface area contributed by atoms with Crippen LogP contribution in [0, 0.1) is 6.08 Å². The Morgan fingerprint density at radius 3 is 2.73 bits per heavy atom. The highest BCUT2D eigenvalue weighted by Crippen LogP contribution is 2.24. The molecule has 0 aliphatic rings. The molecule has 0 aliphatic heterocycles. The third kappa shape index (κ3) is 3.74. The molecule has 0 spiro atoms. The Hall–Kier alpha value is -2.13. The second-order valence-corrected chi connectivity index (χ2v) is 5.22. The SMILES string of the molecule is CCNc1nc(F)nc(N(CC)c2cccc(S(=O)O)c2)n1. The predicted molar refractivity (Wildman–Crippen MR) is 82.1 cm³/mol. The van der Waals surface area contributed by atoms with Crippen molar-refractivity contribution in [2.45, 2.75) is 18.7 Å². The largest absolute Gasteiger partial charge is 0.354 e. The van der Waals surface area contributed by atoms with Crippen LogP contribution >= 0.6 is 0 Å². The highest BCUT2D eigenvalue weighted by atomic mass is 32.2. The molecule has 0 saturated carbocycles. The zero-order chi connectivity index (χ0) is 16.1. The van der Waals surface area contributed by atoms with Gasteiger partial charge in [-0.25, -0.2) is 4.21 Å². The Bertz CT molecular complexity index is 685. The molecule has 2 rings (SSSR count). The predicted octanol–water partition coefficient (Wildman–Crippen LogP) is 2.18. The maximum absolute atomic E-state index is 13.6. The van der Waals surface area contributed by atoms with Crippen molar-refractivity contribution < 1.29 is 13.2 Å². The quantitative estimate of drug-likeness (QED) is 0.787. The van der Waals surface area contributed by atoms with Crippen LogP contribution in [0.2, 0.25) is 0 Å². The fraction of sp³-hybridized carbons (Fsp3) is 0.308. The van der Waals surface area contributed by atoms with Crippen molar-refractivity contribution in [1.29, 1.82) is 0 Å². The summed E-state index contributed by atoms with van der Waals surface area (Å²) in [6.07, 6.45) is -0.888. The number of nitrogens with zero attached hydrogens (tertiary/aromatic N) is 4. The minimum Gasteiger partial charge on any atom is -0.354 e. The summed E-state index contributed by atoms with van der Waals surface area (Å²) < 4.78 is 33.9. The van der Waals surface area contributed by atoms with Crippen LogP contribution < -0.4 is 10.2 Å². The Kier molecular flexibility index (Phi) is 5.34. The van der Waals surface area contributed by atoms with Crippen molar-refractivity contribution in [3.63, 3.8) is 0 Å². The molecule has 1 aromatic heterocycles. The van der Waals surface area contributed by atoms with Gasteiger partial charge in [0.2, 0.25) is 11.9 Å². The lowest BCUT2D eigenvalue weighted by Gasteiger charge is -2.21. The Balaban J connectivity index is 2.43. The lowest BCUT2D eigenvalue weighted by molar-refractivity contribution is 0.534. The number of anilines is 3. The summed E-state index contributed by atoms with van der Waals surface area (Å²) >= 11 is -2.09. The van der Waals surface area contributed by atoms with Gasteiger partial charge >= 0.3 is 6.08 Å². The zero-order valence-electron chi connectivity index (χ0n) is 12.2. The van der Waals surface area contributed by atoms with Crippen LogP contribution in [0.25, 0.3) is 0 Å². The summed E-state index contributed by atoms with van der Waals surface area (Å²) in [5.74, 6) is 0.275. The van der Waals surface area contributed by atoms with Crippen LogP contribution in [0.15, 0.2) is 29.2 Å². The highest BCUT2D eigenvalue weighted by Gasteiger charge is 2.15. The van der Waals surface area contributed by atoms with Crippen molar-refractivity contribution in [1.82, 2.24) is 15.0 Å². The third-order valence-corrected chi connectivity index (χ3v) is 3.48. The molecule has 118 valence electrons. The van der Waals surface area contributed by atoms with Crippen LogP contribution in [0.3, 0.4) is 0 Å². The van der Waals surface area contributed by atoms with E-state index in [0.717, 1.165) is 0 Å². The molecule has 1 unspecified atom stereocenters. The lowest BCUT2D eigenvalue weighted by atomic mass is 10.3. The topological polar surface area (TPSA) is 91.2 Å². The van der Waals surface area contributed by atoms with E-state index in [-0.39, 0.29) is 16.8 Å². The number of benzene rings is 1. The van der Waals surface area contributed by atoms with E-state index in [1.54, 1.807) is 17.0 Å². The van der Waals surface area contributed by atoms with Crippen LogP contribution in [-0.4, -0.2) is 36.8 Å². The van der Waals surface area contributed by atoms with E-state index >= 15 is 0 Å². The minimum absolute atomic E-state index is 0.131. The van der Waals surface area contributed by atoms with E-state index in [2.05, 4.69) is 20.3 Å². The normalized spacial score (nSPS) is 12.0. The fourth-order valence-corrected chi connectivity index (χ4v) is 2.31. The molecule has 0 amide bonds. The summed E-state index contributed by atoms with van der Waals surface area (Å²) in [4.78, 5) is 13.3. The fourth-order valence-electron chi connectivity index (χ4n) is 1.90.